The molecule has 0 fully saturated rings. The van der Waals surface area contributed by atoms with E-state index in [2.05, 4.69) is 17.1 Å². The Bertz CT molecular complexity index is 1010. The van der Waals surface area contributed by atoms with Crippen LogP contribution in [0.2, 0.25) is 0 Å². The van der Waals surface area contributed by atoms with E-state index < -0.39 is 0 Å². The van der Waals surface area contributed by atoms with E-state index in [9.17, 15) is 4.79 Å². The van der Waals surface area contributed by atoms with E-state index in [0.29, 0.717) is 29.6 Å². The van der Waals surface area contributed by atoms with Crippen molar-refractivity contribution in [3.8, 4) is 0 Å². The van der Waals surface area contributed by atoms with Crippen LogP contribution in [0.25, 0.3) is 10.2 Å². The number of hydrogen-bond donors (Lipinski definition) is 0. The summed E-state index contributed by atoms with van der Waals surface area (Å²) in [7, 11) is 1.63. The van der Waals surface area contributed by atoms with Crippen molar-refractivity contribution in [1.82, 2.24) is 19.7 Å². The average molecular weight is 423 g/mol. The lowest BCUT2D eigenvalue weighted by atomic mass is 10.2. The number of nitrogens with zero attached hydrogens (tertiary/aromatic N) is 4. The number of fused-ring (bicyclic) bond motifs is 1. The molecular weight excluding hydrogens is 396 g/mol. The van der Waals surface area contributed by atoms with Gasteiger partial charge in [-0.05, 0) is 32.8 Å². The predicted molar refractivity (Wildman–Crippen MR) is 112 cm³/mol. The average Bonchev–Trinajstić information content (AvgIpc) is 3.25. The Hall–Kier alpha value is -1.71. The Labute approximate surface area is 172 Å². The maximum atomic E-state index is 13.1. The Balaban J connectivity index is 1.94. The molecule has 28 heavy (non-hydrogen) atoms. The zero-order valence-electron chi connectivity index (χ0n) is 16.9. The number of aryl methyl sites for hydroxylation is 3. The number of thiophene rings is 1. The van der Waals surface area contributed by atoms with Crippen LogP contribution in [0.1, 0.15) is 54.1 Å². The number of methoxy groups -OCH3 is 1. The highest BCUT2D eigenvalue weighted by Crippen LogP contribution is 2.35. The lowest BCUT2D eigenvalue weighted by molar-refractivity contribution is 0.183. The molecule has 0 N–H and O–H groups in total. The zero-order chi connectivity index (χ0) is 20.3. The van der Waals surface area contributed by atoms with E-state index in [1.54, 1.807) is 23.0 Å². The Morgan fingerprint density at radius 3 is 2.82 bits per heavy atom. The summed E-state index contributed by atoms with van der Waals surface area (Å²) in [6.45, 7) is 9.01. The second-order valence-corrected chi connectivity index (χ2v) is 9.23. The second-order valence-electron chi connectivity index (χ2n) is 6.72. The van der Waals surface area contributed by atoms with Crippen LogP contribution in [-0.4, -0.2) is 33.4 Å². The van der Waals surface area contributed by atoms with Crippen molar-refractivity contribution in [1.29, 1.82) is 0 Å². The van der Waals surface area contributed by atoms with Crippen molar-refractivity contribution in [3.63, 3.8) is 0 Å². The van der Waals surface area contributed by atoms with E-state index in [-0.39, 0.29) is 10.8 Å². The van der Waals surface area contributed by atoms with Gasteiger partial charge in [-0.2, -0.15) is 4.98 Å². The number of ether oxygens (including phenoxy) is 1. The molecule has 0 saturated carbocycles. The van der Waals surface area contributed by atoms with E-state index in [1.165, 1.54) is 11.8 Å². The number of rotatable bonds is 9. The first-order chi connectivity index (χ1) is 13.5. The van der Waals surface area contributed by atoms with Gasteiger partial charge in [0.15, 0.2) is 11.0 Å². The molecular formula is C19H26N4O3S2. The maximum Gasteiger partial charge on any atom is 0.263 e. The summed E-state index contributed by atoms with van der Waals surface area (Å²) in [6.07, 6.45) is 2.93. The summed E-state index contributed by atoms with van der Waals surface area (Å²) >= 11 is 3.02. The highest BCUT2D eigenvalue weighted by atomic mass is 32.2. The minimum Gasteiger partial charge on any atom is -0.383 e. The van der Waals surface area contributed by atoms with Crippen LogP contribution in [0.5, 0.6) is 0 Å². The highest BCUT2D eigenvalue weighted by molar-refractivity contribution is 7.99. The predicted octanol–water partition coefficient (Wildman–Crippen LogP) is 4.30. The van der Waals surface area contributed by atoms with Gasteiger partial charge in [0.05, 0.1) is 23.8 Å². The SMILES string of the molecule is CCCCc1noc([C@H](C)Sc2nc3sc(C)c(C)c3c(=O)n2CCOC)n1. The molecule has 0 saturated heterocycles. The van der Waals surface area contributed by atoms with Gasteiger partial charge < -0.3 is 9.26 Å². The fraction of sp³-hybridized carbons (Fsp3) is 0.579. The molecule has 0 amide bonds. The molecule has 3 heterocycles. The molecule has 9 heteroatoms. The Morgan fingerprint density at radius 1 is 1.32 bits per heavy atom. The van der Waals surface area contributed by atoms with E-state index in [0.717, 1.165) is 40.4 Å². The van der Waals surface area contributed by atoms with Gasteiger partial charge >= 0.3 is 0 Å². The summed E-state index contributed by atoms with van der Waals surface area (Å²) < 4.78 is 12.3. The van der Waals surface area contributed by atoms with Crippen LogP contribution in [0, 0.1) is 13.8 Å². The summed E-state index contributed by atoms with van der Waals surface area (Å²) in [4.78, 5) is 24.3. The summed E-state index contributed by atoms with van der Waals surface area (Å²) in [5.74, 6) is 1.29. The van der Waals surface area contributed by atoms with Gasteiger partial charge in [0.2, 0.25) is 5.89 Å². The van der Waals surface area contributed by atoms with Crippen molar-refractivity contribution in [2.75, 3.05) is 13.7 Å². The molecule has 3 aromatic rings. The maximum absolute atomic E-state index is 13.1. The quantitative estimate of drug-likeness (QED) is 0.375. The fourth-order valence-electron chi connectivity index (χ4n) is 2.86. The van der Waals surface area contributed by atoms with Gasteiger partial charge in [-0.25, -0.2) is 4.98 Å². The van der Waals surface area contributed by atoms with Crippen LogP contribution < -0.4 is 5.56 Å². The lowest BCUT2D eigenvalue weighted by Crippen LogP contribution is -2.25. The molecule has 0 radical (unpaired) electrons. The fourth-order valence-corrected chi connectivity index (χ4v) is 4.89. The molecule has 0 aliphatic heterocycles. The molecule has 0 spiro atoms. The number of aromatic nitrogens is 4. The van der Waals surface area contributed by atoms with Crippen molar-refractivity contribution in [2.24, 2.45) is 0 Å². The van der Waals surface area contributed by atoms with E-state index >= 15 is 0 Å². The van der Waals surface area contributed by atoms with E-state index in [4.69, 9.17) is 14.2 Å². The van der Waals surface area contributed by atoms with Crippen LogP contribution in [0.4, 0.5) is 0 Å². The standard InChI is InChI=1S/C19H26N4O3S2/c1-6-7-8-14-20-16(26-22-14)13(4)28-19-21-17-15(11(2)12(3)27-17)18(24)23(19)9-10-25-5/h13H,6-10H2,1-5H3/t13-/m0/s1. The first-order valence-corrected chi connectivity index (χ1v) is 11.1. The van der Waals surface area contributed by atoms with Gasteiger partial charge in [-0.3, -0.25) is 9.36 Å². The second kappa shape index (κ2) is 9.19. The number of thioether (sulfide) groups is 1. The molecule has 1 atom stereocenters. The molecule has 7 nitrogen and oxygen atoms in total. The minimum absolute atomic E-state index is 0.0206. The molecule has 152 valence electrons. The number of unbranched alkanes of at least 4 members (excludes halogenated alkanes) is 1. The highest BCUT2D eigenvalue weighted by Gasteiger charge is 2.21. The monoisotopic (exact) mass is 422 g/mol. The van der Waals surface area contributed by atoms with Gasteiger partial charge in [-0.15, -0.1) is 11.3 Å². The van der Waals surface area contributed by atoms with Gasteiger partial charge in [0.1, 0.15) is 4.83 Å². The molecule has 0 aromatic carbocycles. The molecule has 0 aliphatic carbocycles. The van der Waals surface area contributed by atoms with Gasteiger partial charge in [0, 0.05) is 18.4 Å². The largest absolute Gasteiger partial charge is 0.383 e. The molecule has 0 aliphatic rings. The third-order valence-electron chi connectivity index (χ3n) is 4.64. The summed E-state index contributed by atoms with van der Waals surface area (Å²) in [6, 6.07) is 0. The van der Waals surface area contributed by atoms with Crippen molar-refractivity contribution < 1.29 is 9.26 Å². The minimum atomic E-state index is -0.108. The van der Waals surface area contributed by atoms with Crippen LogP contribution in [-0.2, 0) is 17.7 Å². The normalized spacial score (nSPS) is 12.8. The van der Waals surface area contributed by atoms with Crippen LogP contribution in [0.15, 0.2) is 14.5 Å². The first-order valence-electron chi connectivity index (χ1n) is 9.44. The smallest absolute Gasteiger partial charge is 0.263 e. The van der Waals surface area contributed by atoms with Gasteiger partial charge in [-0.1, -0.05) is 30.3 Å². The zero-order valence-corrected chi connectivity index (χ0v) is 18.6. The molecule has 0 unspecified atom stereocenters. The summed E-state index contributed by atoms with van der Waals surface area (Å²) in [5, 5.41) is 5.31. The third kappa shape index (κ3) is 4.31. The molecule has 0 bridgehead atoms. The van der Waals surface area contributed by atoms with E-state index in [1.807, 2.05) is 20.8 Å². The van der Waals surface area contributed by atoms with Crippen LogP contribution in [0.3, 0.4) is 0 Å². The molecule has 3 aromatic heterocycles. The first kappa shape index (κ1) is 21.0. The summed E-state index contributed by atoms with van der Waals surface area (Å²) in [5.41, 5.74) is 0.985. The topological polar surface area (TPSA) is 83.0 Å². The Morgan fingerprint density at radius 2 is 2.11 bits per heavy atom. The number of hydrogen-bond acceptors (Lipinski definition) is 8. The molecule has 3 rings (SSSR count). The van der Waals surface area contributed by atoms with Gasteiger partial charge in [0.25, 0.3) is 5.56 Å². The van der Waals surface area contributed by atoms with Crippen LogP contribution >= 0.6 is 23.1 Å². The van der Waals surface area contributed by atoms with Crippen molar-refractivity contribution in [3.05, 3.63) is 32.5 Å². The lowest BCUT2D eigenvalue weighted by Gasteiger charge is -2.13. The third-order valence-corrected chi connectivity index (χ3v) is 6.82. The Kier molecular flexibility index (Phi) is 6.90. The van der Waals surface area contributed by atoms with Crippen molar-refractivity contribution >= 4 is 33.3 Å². The van der Waals surface area contributed by atoms with Crippen molar-refractivity contribution in [2.45, 2.75) is 63.9 Å².